The van der Waals surface area contributed by atoms with E-state index in [1.54, 1.807) is 77.5 Å². The predicted molar refractivity (Wildman–Crippen MR) is 175 cm³/mol. The van der Waals surface area contributed by atoms with E-state index in [0.29, 0.717) is 21.2 Å². The predicted octanol–water partition coefficient (Wildman–Crippen LogP) is 8.53. The fraction of sp³-hybridized carbons (Fsp3) is 0.0625. The molecule has 0 atom stereocenters. The molecule has 222 valence electrons. The summed E-state index contributed by atoms with van der Waals surface area (Å²) in [5.74, 6) is -2.30. The van der Waals surface area contributed by atoms with Crippen LogP contribution in [0.15, 0.2) is 83.6 Å². The number of thiophene rings is 2. The zero-order chi connectivity index (χ0) is 31.4. The van der Waals surface area contributed by atoms with Crippen LogP contribution in [0.2, 0.25) is 10.0 Å². The van der Waals surface area contributed by atoms with Crippen LogP contribution in [0.3, 0.4) is 0 Å². The SMILES string of the molecule is COC(=O)c1c(-c2ccc(Cl)cc2)csc1NC(=O)c1cccc(C(=O)Nc2scc(-c3ccc(Cl)cc3)c2C(=O)OC)c1. The van der Waals surface area contributed by atoms with E-state index < -0.39 is 23.8 Å². The van der Waals surface area contributed by atoms with Gasteiger partial charge in [0.25, 0.3) is 11.8 Å². The number of rotatable bonds is 8. The fourth-order valence-electron chi connectivity index (χ4n) is 4.35. The highest BCUT2D eigenvalue weighted by Crippen LogP contribution is 2.38. The van der Waals surface area contributed by atoms with Crippen molar-refractivity contribution in [1.29, 1.82) is 0 Å². The standard InChI is InChI=1S/C32H22Cl2N2O6S2/c1-41-31(39)25-23(17-6-10-21(33)11-7-17)15-43-29(25)35-27(37)19-4-3-5-20(14-19)28(38)36-30-26(32(40)42-2)24(16-44-30)18-8-12-22(34)13-9-18/h3-16H,1-2H3,(H,35,37)(H,36,38). The van der Waals surface area contributed by atoms with E-state index in [2.05, 4.69) is 10.6 Å². The number of halogens is 2. The number of benzene rings is 3. The van der Waals surface area contributed by atoms with Gasteiger partial charge in [-0.1, -0.05) is 53.5 Å². The quantitative estimate of drug-likeness (QED) is 0.161. The Morgan fingerprint density at radius 2 is 1.00 bits per heavy atom. The first-order valence-corrected chi connectivity index (χ1v) is 15.4. The van der Waals surface area contributed by atoms with Gasteiger partial charge in [0.2, 0.25) is 0 Å². The third kappa shape index (κ3) is 6.53. The van der Waals surface area contributed by atoms with E-state index in [1.165, 1.54) is 43.0 Å². The first-order chi connectivity index (χ1) is 21.2. The maximum atomic E-state index is 13.3. The number of hydrogen-bond donors (Lipinski definition) is 2. The van der Waals surface area contributed by atoms with Crippen molar-refractivity contribution in [2.45, 2.75) is 0 Å². The smallest absolute Gasteiger partial charge is 0.341 e. The second-order valence-electron chi connectivity index (χ2n) is 9.19. The van der Waals surface area contributed by atoms with Crippen molar-refractivity contribution in [2.24, 2.45) is 0 Å². The second kappa shape index (κ2) is 13.4. The van der Waals surface area contributed by atoms with Gasteiger partial charge in [-0.15, -0.1) is 22.7 Å². The van der Waals surface area contributed by atoms with Crippen LogP contribution < -0.4 is 10.6 Å². The van der Waals surface area contributed by atoms with Crippen molar-refractivity contribution >= 4 is 79.6 Å². The summed E-state index contributed by atoms with van der Waals surface area (Å²) in [6, 6.07) is 19.9. The first-order valence-electron chi connectivity index (χ1n) is 12.8. The molecule has 2 aromatic heterocycles. The second-order valence-corrected chi connectivity index (χ2v) is 11.8. The number of methoxy groups -OCH3 is 2. The third-order valence-electron chi connectivity index (χ3n) is 6.51. The molecule has 0 saturated heterocycles. The molecule has 0 fully saturated rings. The molecule has 0 radical (unpaired) electrons. The van der Waals surface area contributed by atoms with Crippen LogP contribution >= 0.6 is 45.9 Å². The van der Waals surface area contributed by atoms with E-state index in [4.69, 9.17) is 32.7 Å². The van der Waals surface area contributed by atoms with Crippen molar-refractivity contribution in [3.05, 3.63) is 116 Å². The van der Waals surface area contributed by atoms with Crippen molar-refractivity contribution in [3.8, 4) is 22.3 Å². The Bertz CT molecular complexity index is 1750. The highest BCUT2D eigenvalue weighted by atomic mass is 35.5. The Morgan fingerprint density at radius 1 is 0.614 bits per heavy atom. The highest BCUT2D eigenvalue weighted by Gasteiger charge is 2.25. The van der Waals surface area contributed by atoms with E-state index in [1.807, 2.05) is 0 Å². The molecule has 5 aromatic rings. The zero-order valence-corrected chi connectivity index (χ0v) is 26.2. The normalized spacial score (nSPS) is 10.6. The van der Waals surface area contributed by atoms with Crippen LogP contribution in [-0.2, 0) is 9.47 Å². The van der Waals surface area contributed by atoms with Crippen LogP contribution in [0.4, 0.5) is 10.0 Å². The molecule has 12 heteroatoms. The molecule has 44 heavy (non-hydrogen) atoms. The molecule has 0 unspecified atom stereocenters. The van der Waals surface area contributed by atoms with Crippen LogP contribution in [0.5, 0.6) is 0 Å². The summed E-state index contributed by atoms with van der Waals surface area (Å²) in [7, 11) is 2.52. The maximum Gasteiger partial charge on any atom is 0.341 e. The lowest BCUT2D eigenvalue weighted by molar-refractivity contribution is 0.0594. The zero-order valence-electron chi connectivity index (χ0n) is 23.1. The summed E-state index contributed by atoms with van der Waals surface area (Å²) in [5.41, 5.74) is 3.37. The topological polar surface area (TPSA) is 111 Å². The molecule has 0 bridgehead atoms. The third-order valence-corrected chi connectivity index (χ3v) is 8.81. The first kappa shape index (κ1) is 31.0. The number of hydrogen-bond acceptors (Lipinski definition) is 8. The summed E-state index contributed by atoms with van der Waals surface area (Å²) in [4.78, 5) is 52.0. The number of carbonyl (C=O) groups is 4. The molecule has 0 aliphatic rings. The lowest BCUT2D eigenvalue weighted by Crippen LogP contribution is -2.17. The summed E-state index contributed by atoms with van der Waals surface area (Å²) < 4.78 is 9.97. The van der Waals surface area contributed by atoms with Crippen molar-refractivity contribution < 1.29 is 28.7 Å². The Labute approximate surface area is 270 Å². The fourth-order valence-corrected chi connectivity index (χ4v) is 6.50. The van der Waals surface area contributed by atoms with E-state index in [-0.39, 0.29) is 32.3 Å². The van der Waals surface area contributed by atoms with Crippen LogP contribution in [-0.4, -0.2) is 38.0 Å². The molecule has 2 heterocycles. The highest BCUT2D eigenvalue weighted by molar-refractivity contribution is 7.15. The minimum absolute atomic E-state index is 0.177. The van der Waals surface area contributed by atoms with Crippen LogP contribution in [0.25, 0.3) is 22.3 Å². The van der Waals surface area contributed by atoms with E-state index in [9.17, 15) is 19.2 Å². The van der Waals surface area contributed by atoms with Gasteiger partial charge in [0.1, 0.15) is 21.1 Å². The maximum absolute atomic E-state index is 13.3. The van der Waals surface area contributed by atoms with Gasteiger partial charge < -0.3 is 20.1 Å². The van der Waals surface area contributed by atoms with Crippen molar-refractivity contribution in [1.82, 2.24) is 0 Å². The molecule has 5 rings (SSSR count). The van der Waals surface area contributed by atoms with Crippen molar-refractivity contribution in [2.75, 3.05) is 24.9 Å². The molecular formula is C32H22Cl2N2O6S2. The molecule has 3 aromatic carbocycles. The molecule has 8 nitrogen and oxygen atoms in total. The lowest BCUT2D eigenvalue weighted by Gasteiger charge is -2.10. The molecule has 0 aliphatic carbocycles. The number of carbonyl (C=O) groups excluding carboxylic acids is 4. The average Bonchev–Trinajstić information content (AvgIpc) is 3.65. The van der Waals surface area contributed by atoms with Gasteiger partial charge >= 0.3 is 11.9 Å². The van der Waals surface area contributed by atoms with Crippen molar-refractivity contribution in [3.63, 3.8) is 0 Å². The van der Waals surface area contributed by atoms with Gasteiger partial charge in [-0.25, -0.2) is 9.59 Å². The Kier molecular flexibility index (Phi) is 9.46. The van der Waals surface area contributed by atoms with Crippen LogP contribution in [0.1, 0.15) is 41.4 Å². The minimum Gasteiger partial charge on any atom is -0.465 e. The Balaban J connectivity index is 1.39. The number of anilines is 2. The summed E-state index contributed by atoms with van der Waals surface area (Å²) in [5, 5.41) is 10.7. The number of ether oxygens (including phenoxy) is 2. The van der Waals surface area contributed by atoms with Gasteiger partial charge in [0.05, 0.1) is 14.2 Å². The number of amides is 2. The molecule has 0 saturated carbocycles. The van der Waals surface area contributed by atoms with E-state index in [0.717, 1.165) is 11.1 Å². The van der Waals surface area contributed by atoms with Gasteiger partial charge in [-0.2, -0.15) is 0 Å². The summed E-state index contributed by atoms with van der Waals surface area (Å²) >= 11 is 14.4. The molecular weight excluding hydrogens is 643 g/mol. The Hall–Kier alpha value is -4.48. The molecule has 2 N–H and O–H groups in total. The average molecular weight is 666 g/mol. The minimum atomic E-state index is -0.616. The summed E-state index contributed by atoms with van der Waals surface area (Å²) in [6.07, 6.45) is 0. The van der Waals surface area contributed by atoms with Gasteiger partial charge in [0.15, 0.2) is 0 Å². The Morgan fingerprint density at radius 3 is 1.36 bits per heavy atom. The number of esters is 2. The molecule has 2 amide bonds. The summed E-state index contributed by atoms with van der Waals surface area (Å²) in [6.45, 7) is 0. The molecule has 0 spiro atoms. The van der Waals surface area contributed by atoms with Crippen LogP contribution in [0, 0.1) is 0 Å². The lowest BCUT2D eigenvalue weighted by atomic mass is 10.0. The van der Waals surface area contributed by atoms with Gasteiger partial charge in [0, 0.05) is 43.1 Å². The van der Waals surface area contributed by atoms with E-state index >= 15 is 0 Å². The van der Waals surface area contributed by atoms with Gasteiger partial charge in [-0.05, 0) is 53.6 Å². The monoisotopic (exact) mass is 664 g/mol. The van der Waals surface area contributed by atoms with Gasteiger partial charge in [-0.3, -0.25) is 9.59 Å². The largest absolute Gasteiger partial charge is 0.465 e. The molecule has 0 aliphatic heterocycles. The number of nitrogens with one attached hydrogen (secondary N) is 2.